The first kappa shape index (κ1) is 10.1. The van der Waals surface area contributed by atoms with Gasteiger partial charge < -0.3 is 4.74 Å². The van der Waals surface area contributed by atoms with E-state index < -0.39 is 0 Å². The van der Waals surface area contributed by atoms with Gasteiger partial charge in [-0.05, 0) is 24.6 Å². The molecule has 4 heteroatoms. The molecule has 80 valence electrons. The van der Waals surface area contributed by atoms with Crippen molar-refractivity contribution in [1.82, 2.24) is 10.4 Å². The molecule has 1 saturated heterocycles. The molecule has 0 aromatic heterocycles. The highest BCUT2D eigenvalue weighted by atomic mass is 16.5. The normalized spacial score (nSPS) is 23.6. The minimum atomic E-state index is -0.263. The molecule has 0 bridgehead atoms. The number of esters is 1. The lowest BCUT2D eigenvalue weighted by Crippen LogP contribution is -2.04. The fourth-order valence-corrected chi connectivity index (χ4v) is 1.47. The first-order valence-corrected chi connectivity index (χ1v) is 4.98. The lowest BCUT2D eigenvalue weighted by Gasteiger charge is -2.02. The number of hydrazine groups is 1. The van der Waals surface area contributed by atoms with Gasteiger partial charge in [-0.1, -0.05) is 12.1 Å². The average molecular weight is 206 g/mol. The van der Waals surface area contributed by atoms with Crippen molar-refractivity contribution in [3.05, 3.63) is 35.4 Å². The predicted octanol–water partition coefficient (Wildman–Crippen LogP) is 1.31. The zero-order valence-electron chi connectivity index (χ0n) is 8.86. The third kappa shape index (κ3) is 2.16. The molecule has 1 heterocycles. The first-order chi connectivity index (χ1) is 7.22. The monoisotopic (exact) mass is 206 g/mol. The maximum absolute atomic E-state index is 11.4. The summed E-state index contributed by atoms with van der Waals surface area (Å²) in [6.07, 6.45) is 0.293. The highest BCUT2D eigenvalue weighted by Crippen LogP contribution is 2.25. The first-order valence-electron chi connectivity index (χ1n) is 4.98. The number of rotatable bonds is 3. The molecule has 2 unspecified atom stereocenters. The Morgan fingerprint density at radius 2 is 2.07 bits per heavy atom. The van der Waals surface area contributed by atoms with Crippen LogP contribution in [0.1, 0.15) is 29.0 Å². The Bertz CT molecular complexity index is 361. The minimum Gasteiger partial charge on any atom is -0.462 e. The molecule has 4 nitrogen and oxygen atoms in total. The largest absolute Gasteiger partial charge is 0.462 e. The van der Waals surface area contributed by atoms with E-state index in [0.29, 0.717) is 18.3 Å². The highest BCUT2D eigenvalue weighted by molar-refractivity contribution is 5.89. The molecular weight excluding hydrogens is 192 g/mol. The van der Waals surface area contributed by atoms with Gasteiger partial charge in [-0.3, -0.25) is 0 Å². The van der Waals surface area contributed by atoms with Crippen molar-refractivity contribution in [3.8, 4) is 0 Å². The van der Waals surface area contributed by atoms with Crippen molar-refractivity contribution in [1.29, 1.82) is 0 Å². The van der Waals surface area contributed by atoms with Crippen molar-refractivity contribution in [2.45, 2.75) is 13.1 Å². The van der Waals surface area contributed by atoms with Crippen molar-refractivity contribution in [3.63, 3.8) is 0 Å². The van der Waals surface area contributed by atoms with E-state index in [1.165, 1.54) is 0 Å². The van der Waals surface area contributed by atoms with Gasteiger partial charge in [0.25, 0.3) is 0 Å². The van der Waals surface area contributed by atoms with E-state index in [2.05, 4.69) is 5.43 Å². The number of hydrogen-bond acceptors (Lipinski definition) is 4. The summed E-state index contributed by atoms with van der Waals surface area (Å²) >= 11 is 0. The third-order valence-electron chi connectivity index (χ3n) is 2.38. The summed E-state index contributed by atoms with van der Waals surface area (Å²) in [6, 6.07) is 7.46. The number of carbonyl (C=O) groups is 1. The van der Waals surface area contributed by atoms with Gasteiger partial charge in [0.15, 0.2) is 0 Å². The molecule has 1 fully saturated rings. The Kier molecular flexibility index (Phi) is 2.70. The molecule has 2 rings (SSSR count). The summed E-state index contributed by atoms with van der Waals surface area (Å²) in [5, 5.41) is 2.00. The third-order valence-corrected chi connectivity index (χ3v) is 2.38. The van der Waals surface area contributed by atoms with Crippen LogP contribution in [-0.2, 0) is 4.74 Å². The Labute approximate surface area is 88.8 Å². The van der Waals surface area contributed by atoms with Gasteiger partial charge in [-0.2, -0.15) is 0 Å². The molecule has 1 aliphatic heterocycles. The molecule has 0 saturated carbocycles. The van der Waals surface area contributed by atoms with E-state index in [4.69, 9.17) is 4.74 Å². The molecule has 0 spiro atoms. The number of nitrogens with one attached hydrogen (secondary N) is 1. The molecule has 1 aromatic rings. The number of nitrogens with zero attached hydrogens (tertiary/aromatic N) is 1. The van der Waals surface area contributed by atoms with Gasteiger partial charge in [-0.15, -0.1) is 0 Å². The van der Waals surface area contributed by atoms with Crippen molar-refractivity contribution in [2.24, 2.45) is 0 Å². The van der Waals surface area contributed by atoms with Crippen LogP contribution >= 0.6 is 0 Å². The predicted molar refractivity (Wildman–Crippen MR) is 56.0 cm³/mol. The molecule has 1 N–H and O–H groups in total. The van der Waals surface area contributed by atoms with Crippen LogP contribution in [-0.4, -0.2) is 24.6 Å². The van der Waals surface area contributed by atoms with Crippen LogP contribution in [0.2, 0.25) is 0 Å². The van der Waals surface area contributed by atoms with Crippen LogP contribution in [0.15, 0.2) is 24.3 Å². The number of ether oxygens (including phenoxy) is 1. The van der Waals surface area contributed by atoms with Crippen LogP contribution in [0, 0.1) is 0 Å². The second-order valence-corrected chi connectivity index (χ2v) is 3.49. The Morgan fingerprint density at radius 3 is 2.53 bits per heavy atom. The SMILES string of the molecule is CCOC(=O)c1ccc(C2NN2C)cc1. The zero-order valence-corrected chi connectivity index (χ0v) is 8.86. The Balaban J connectivity index is 2.07. The van der Waals surface area contributed by atoms with Gasteiger partial charge in [0.1, 0.15) is 6.17 Å². The molecule has 1 aromatic carbocycles. The lowest BCUT2D eigenvalue weighted by molar-refractivity contribution is 0.0526. The summed E-state index contributed by atoms with van der Waals surface area (Å²) in [5.41, 5.74) is 4.90. The maximum atomic E-state index is 11.4. The van der Waals surface area contributed by atoms with Crippen molar-refractivity contribution < 1.29 is 9.53 Å². The fraction of sp³-hybridized carbons (Fsp3) is 0.364. The van der Waals surface area contributed by atoms with Gasteiger partial charge in [0.05, 0.1) is 12.2 Å². The topological polar surface area (TPSA) is 51.2 Å². The molecule has 0 amide bonds. The smallest absolute Gasteiger partial charge is 0.338 e. The van der Waals surface area contributed by atoms with E-state index >= 15 is 0 Å². The van der Waals surface area contributed by atoms with E-state index in [1.54, 1.807) is 19.1 Å². The second-order valence-electron chi connectivity index (χ2n) is 3.49. The summed E-state index contributed by atoms with van der Waals surface area (Å²) in [7, 11) is 1.98. The Morgan fingerprint density at radius 1 is 1.47 bits per heavy atom. The minimum absolute atomic E-state index is 0.263. The van der Waals surface area contributed by atoms with E-state index in [1.807, 2.05) is 24.2 Å². The number of carbonyl (C=O) groups excluding carboxylic acids is 1. The van der Waals surface area contributed by atoms with Gasteiger partial charge in [-0.25, -0.2) is 15.2 Å². The summed E-state index contributed by atoms with van der Waals surface area (Å²) in [4.78, 5) is 11.4. The van der Waals surface area contributed by atoms with Gasteiger partial charge in [0.2, 0.25) is 0 Å². The average Bonchev–Trinajstić information content (AvgIpc) is 2.96. The van der Waals surface area contributed by atoms with Crippen LogP contribution in [0.3, 0.4) is 0 Å². The van der Waals surface area contributed by atoms with Crippen molar-refractivity contribution >= 4 is 5.97 Å². The fourth-order valence-electron chi connectivity index (χ4n) is 1.47. The maximum Gasteiger partial charge on any atom is 0.338 e. The number of benzene rings is 1. The molecule has 0 aliphatic carbocycles. The molecule has 0 radical (unpaired) electrons. The zero-order chi connectivity index (χ0) is 10.8. The number of hydrogen-bond donors (Lipinski definition) is 1. The summed E-state index contributed by atoms with van der Waals surface area (Å²) < 4.78 is 4.90. The quantitative estimate of drug-likeness (QED) is 0.598. The van der Waals surface area contributed by atoms with Gasteiger partial charge >= 0.3 is 5.97 Å². The van der Waals surface area contributed by atoms with E-state index in [-0.39, 0.29) is 5.97 Å². The van der Waals surface area contributed by atoms with Crippen LogP contribution in [0.25, 0.3) is 0 Å². The van der Waals surface area contributed by atoms with E-state index in [0.717, 1.165) is 5.56 Å². The lowest BCUT2D eigenvalue weighted by atomic mass is 10.1. The van der Waals surface area contributed by atoms with Gasteiger partial charge in [0, 0.05) is 7.05 Å². The Hall–Kier alpha value is -1.39. The van der Waals surface area contributed by atoms with Crippen molar-refractivity contribution in [2.75, 3.05) is 13.7 Å². The van der Waals surface area contributed by atoms with Crippen LogP contribution in [0.4, 0.5) is 0 Å². The highest BCUT2D eigenvalue weighted by Gasteiger charge is 2.30. The molecule has 15 heavy (non-hydrogen) atoms. The van der Waals surface area contributed by atoms with Crippen LogP contribution in [0.5, 0.6) is 0 Å². The molecule has 1 aliphatic rings. The van der Waals surface area contributed by atoms with E-state index in [9.17, 15) is 4.79 Å². The summed E-state index contributed by atoms with van der Waals surface area (Å²) in [5.74, 6) is -0.263. The summed E-state index contributed by atoms with van der Waals surface area (Å²) in [6.45, 7) is 2.21. The second kappa shape index (κ2) is 4.00. The standard InChI is InChI=1S/C11H14N2O2/c1-3-15-11(14)9-6-4-8(5-7-9)10-12-13(10)2/h4-7,10,12H,3H2,1-2H3. The van der Waals surface area contributed by atoms with Crippen LogP contribution < -0.4 is 5.43 Å². The molecule has 2 atom stereocenters. The molecular formula is C11H14N2O2.